The van der Waals surface area contributed by atoms with E-state index >= 15 is 0 Å². The molecule has 0 aromatic carbocycles. The SMILES string of the molecule is CN(CCC1CCCCC1)C(=O)CCS. The van der Waals surface area contributed by atoms with E-state index in [1.54, 1.807) is 0 Å². The smallest absolute Gasteiger partial charge is 0.223 e. The number of hydrogen-bond acceptors (Lipinski definition) is 2. The zero-order valence-corrected chi connectivity index (χ0v) is 10.6. The second kappa shape index (κ2) is 7.15. The molecular weight excluding hydrogens is 206 g/mol. The summed E-state index contributed by atoms with van der Waals surface area (Å²) >= 11 is 4.08. The molecule has 0 N–H and O–H groups in total. The van der Waals surface area contributed by atoms with E-state index in [2.05, 4.69) is 12.6 Å². The first-order valence-corrected chi connectivity index (χ1v) is 6.72. The summed E-state index contributed by atoms with van der Waals surface area (Å²) in [5, 5.41) is 0. The third-order valence-corrected chi connectivity index (χ3v) is 3.57. The molecule has 0 aromatic heterocycles. The average Bonchev–Trinajstić information content (AvgIpc) is 2.27. The Hall–Kier alpha value is -0.180. The highest BCUT2D eigenvalue weighted by molar-refractivity contribution is 7.80. The number of hydrogen-bond donors (Lipinski definition) is 1. The average molecular weight is 229 g/mol. The van der Waals surface area contributed by atoms with Gasteiger partial charge in [0, 0.05) is 20.0 Å². The van der Waals surface area contributed by atoms with Crippen LogP contribution < -0.4 is 0 Å². The minimum absolute atomic E-state index is 0.237. The molecule has 3 heteroatoms. The molecule has 1 aliphatic rings. The van der Waals surface area contributed by atoms with Gasteiger partial charge in [-0.05, 0) is 18.1 Å². The fraction of sp³-hybridized carbons (Fsp3) is 0.917. The molecule has 0 atom stereocenters. The first kappa shape index (κ1) is 12.9. The lowest BCUT2D eigenvalue weighted by atomic mass is 9.87. The van der Waals surface area contributed by atoms with E-state index in [1.165, 1.54) is 38.5 Å². The highest BCUT2D eigenvalue weighted by atomic mass is 32.1. The predicted molar refractivity (Wildman–Crippen MR) is 67.3 cm³/mol. The van der Waals surface area contributed by atoms with Crippen LogP contribution in [0.5, 0.6) is 0 Å². The number of carbonyl (C=O) groups is 1. The molecule has 2 nitrogen and oxygen atoms in total. The summed E-state index contributed by atoms with van der Waals surface area (Å²) in [4.78, 5) is 13.4. The molecular formula is C12H23NOS. The quantitative estimate of drug-likeness (QED) is 0.719. The minimum atomic E-state index is 0.237. The number of amides is 1. The van der Waals surface area contributed by atoms with Gasteiger partial charge in [0.1, 0.15) is 0 Å². The summed E-state index contributed by atoms with van der Waals surface area (Å²) in [5.41, 5.74) is 0. The van der Waals surface area contributed by atoms with Crippen LogP contribution in [0.15, 0.2) is 0 Å². The molecule has 0 heterocycles. The molecule has 88 valence electrons. The lowest BCUT2D eigenvalue weighted by Gasteiger charge is -2.24. The topological polar surface area (TPSA) is 20.3 Å². The molecule has 1 rings (SSSR count). The summed E-state index contributed by atoms with van der Waals surface area (Å²) in [5.74, 6) is 1.76. The molecule has 0 radical (unpaired) electrons. The maximum absolute atomic E-state index is 11.5. The van der Waals surface area contributed by atoms with Crippen molar-refractivity contribution in [2.75, 3.05) is 19.3 Å². The first-order chi connectivity index (χ1) is 7.24. The van der Waals surface area contributed by atoms with Gasteiger partial charge in [-0.2, -0.15) is 12.6 Å². The van der Waals surface area contributed by atoms with E-state index in [9.17, 15) is 4.79 Å². The van der Waals surface area contributed by atoms with Crippen LogP contribution in [0.4, 0.5) is 0 Å². The molecule has 1 amide bonds. The van der Waals surface area contributed by atoms with Crippen molar-refractivity contribution in [3.05, 3.63) is 0 Å². The van der Waals surface area contributed by atoms with Crippen LogP contribution in [-0.2, 0) is 4.79 Å². The number of thiol groups is 1. The normalized spacial score (nSPS) is 17.7. The van der Waals surface area contributed by atoms with E-state index < -0.39 is 0 Å². The third-order valence-electron chi connectivity index (χ3n) is 3.35. The van der Waals surface area contributed by atoms with Gasteiger partial charge < -0.3 is 4.90 Å². The zero-order chi connectivity index (χ0) is 11.1. The molecule has 0 saturated heterocycles. The summed E-state index contributed by atoms with van der Waals surface area (Å²) in [7, 11) is 1.91. The van der Waals surface area contributed by atoms with Gasteiger partial charge in [-0.3, -0.25) is 4.79 Å². The third kappa shape index (κ3) is 4.92. The van der Waals surface area contributed by atoms with Crippen molar-refractivity contribution in [1.29, 1.82) is 0 Å². The Morgan fingerprint density at radius 2 is 2.00 bits per heavy atom. The Balaban J connectivity index is 2.14. The fourth-order valence-corrected chi connectivity index (χ4v) is 2.45. The maximum atomic E-state index is 11.5. The zero-order valence-electron chi connectivity index (χ0n) is 9.74. The molecule has 15 heavy (non-hydrogen) atoms. The van der Waals surface area contributed by atoms with Crippen molar-refractivity contribution >= 4 is 18.5 Å². The molecule has 0 bridgehead atoms. The van der Waals surface area contributed by atoms with Gasteiger partial charge in [-0.25, -0.2) is 0 Å². The summed E-state index contributed by atoms with van der Waals surface area (Å²) in [6.45, 7) is 0.928. The minimum Gasteiger partial charge on any atom is -0.346 e. The molecule has 0 aromatic rings. The van der Waals surface area contributed by atoms with Crippen molar-refractivity contribution in [1.82, 2.24) is 4.90 Å². The standard InChI is InChI=1S/C12H23NOS/c1-13(12(14)8-10-15)9-7-11-5-3-2-4-6-11/h11,15H,2-10H2,1H3. The predicted octanol–water partition coefficient (Wildman–Crippen LogP) is 2.74. The summed E-state index contributed by atoms with van der Waals surface area (Å²) in [6, 6.07) is 0. The number of nitrogens with zero attached hydrogens (tertiary/aromatic N) is 1. The van der Waals surface area contributed by atoms with Crippen molar-refractivity contribution in [3.8, 4) is 0 Å². The van der Waals surface area contributed by atoms with E-state index in [-0.39, 0.29) is 5.91 Å². The maximum Gasteiger partial charge on any atom is 0.223 e. The van der Waals surface area contributed by atoms with Crippen molar-refractivity contribution in [3.63, 3.8) is 0 Å². The van der Waals surface area contributed by atoms with Crippen molar-refractivity contribution in [2.45, 2.75) is 44.9 Å². The fourth-order valence-electron chi connectivity index (χ4n) is 2.26. The first-order valence-electron chi connectivity index (χ1n) is 6.09. The molecule has 0 unspecified atom stereocenters. The Kier molecular flexibility index (Phi) is 6.15. The Labute approximate surface area is 98.8 Å². The lowest BCUT2D eigenvalue weighted by molar-refractivity contribution is -0.129. The van der Waals surface area contributed by atoms with Gasteiger partial charge in [0.2, 0.25) is 5.91 Å². The van der Waals surface area contributed by atoms with Crippen LogP contribution in [-0.4, -0.2) is 30.2 Å². The van der Waals surface area contributed by atoms with Crippen LogP contribution in [0.1, 0.15) is 44.9 Å². The molecule has 1 saturated carbocycles. The highest BCUT2D eigenvalue weighted by Crippen LogP contribution is 2.26. The van der Waals surface area contributed by atoms with Crippen molar-refractivity contribution in [2.24, 2.45) is 5.92 Å². The largest absolute Gasteiger partial charge is 0.346 e. The Morgan fingerprint density at radius 3 is 2.60 bits per heavy atom. The van der Waals surface area contributed by atoms with Crippen LogP contribution in [0.2, 0.25) is 0 Å². The number of carbonyl (C=O) groups excluding carboxylic acids is 1. The van der Waals surface area contributed by atoms with E-state index in [0.717, 1.165) is 12.5 Å². The second-order valence-electron chi connectivity index (χ2n) is 4.58. The number of rotatable bonds is 5. The van der Waals surface area contributed by atoms with E-state index in [0.29, 0.717) is 12.2 Å². The van der Waals surface area contributed by atoms with Gasteiger partial charge in [-0.15, -0.1) is 0 Å². The van der Waals surface area contributed by atoms with Crippen molar-refractivity contribution < 1.29 is 4.79 Å². The lowest BCUT2D eigenvalue weighted by Crippen LogP contribution is -2.29. The summed E-state index contributed by atoms with van der Waals surface area (Å²) < 4.78 is 0. The molecule has 0 spiro atoms. The van der Waals surface area contributed by atoms with Crippen LogP contribution in [0, 0.1) is 5.92 Å². The molecule has 1 fully saturated rings. The Morgan fingerprint density at radius 1 is 1.33 bits per heavy atom. The van der Waals surface area contributed by atoms with E-state index in [1.807, 2.05) is 11.9 Å². The van der Waals surface area contributed by atoms with Crippen LogP contribution >= 0.6 is 12.6 Å². The van der Waals surface area contributed by atoms with Gasteiger partial charge in [0.25, 0.3) is 0 Å². The van der Waals surface area contributed by atoms with Gasteiger partial charge >= 0.3 is 0 Å². The van der Waals surface area contributed by atoms with Gasteiger partial charge in [0.15, 0.2) is 0 Å². The highest BCUT2D eigenvalue weighted by Gasteiger charge is 2.15. The molecule has 0 aliphatic heterocycles. The van der Waals surface area contributed by atoms with Gasteiger partial charge in [-0.1, -0.05) is 32.1 Å². The summed E-state index contributed by atoms with van der Waals surface area (Å²) in [6.07, 6.45) is 8.69. The molecule has 1 aliphatic carbocycles. The van der Waals surface area contributed by atoms with E-state index in [4.69, 9.17) is 0 Å². The second-order valence-corrected chi connectivity index (χ2v) is 5.03. The monoisotopic (exact) mass is 229 g/mol. The Bertz CT molecular complexity index is 190. The van der Waals surface area contributed by atoms with Crippen LogP contribution in [0.3, 0.4) is 0 Å². The van der Waals surface area contributed by atoms with Gasteiger partial charge in [0.05, 0.1) is 0 Å². The van der Waals surface area contributed by atoms with Crippen LogP contribution in [0.25, 0.3) is 0 Å².